The van der Waals surface area contributed by atoms with Crippen molar-refractivity contribution in [3.05, 3.63) is 114 Å². The van der Waals surface area contributed by atoms with Gasteiger partial charge in [0.2, 0.25) is 0 Å². The third-order valence-electron chi connectivity index (χ3n) is 4.68. The van der Waals surface area contributed by atoms with Crippen LogP contribution >= 0.6 is 7.92 Å². The summed E-state index contributed by atoms with van der Waals surface area (Å²) < 4.78 is 0. The molecule has 0 fully saturated rings. The number of aromatic hydroxyl groups is 1. The number of hydrogen-bond acceptors (Lipinski definition) is 2. The normalized spacial score (nSPS) is 11.2. The number of aliphatic imine (C=N–C) groups is 1. The molecule has 0 aliphatic carbocycles. The molecule has 0 unspecified atom stereocenters. The van der Waals surface area contributed by atoms with Gasteiger partial charge < -0.3 is 5.11 Å². The zero-order valence-electron chi connectivity index (χ0n) is 16.2. The van der Waals surface area contributed by atoms with Crippen molar-refractivity contribution in [2.45, 2.75) is 6.92 Å². The second kappa shape index (κ2) is 8.86. The molecule has 0 aromatic heterocycles. The van der Waals surface area contributed by atoms with Crippen LogP contribution in [0.15, 0.2) is 108 Å². The van der Waals surface area contributed by atoms with Crippen molar-refractivity contribution in [2.24, 2.45) is 4.99 Å². The first-order valence-electron chi connectivity index (χ1n) is 9.55. The lowest BCUT2D eigenvalue weighted by atomic mass is 10.2. The Kier molecular flexibility index (Phi) is 5.84. The number of benzene rings is 4. The summed E-state index contributed by atoms with van der Waals surface area (Å²) in [6.45, 7) is 1.95. The van der Waals surface area contributed by atoms with E-state index in [1.165, 1.54) is 15.9 Å². The maximum absolute atomic E-state index is 10.2. The fraction of sp³-hybridized carbons (Fsp3) is 0.0385. The van der Waals surface area contributed by atoms with Gasteiger partial charge in [0.25, 0.3) is 0 Å². The van der Waals surface area contributed by atoms with Crippen LogP contribution in [0.5, 0.6) is 5.75 Å². The third kappa shape index (κ3) is 4.45. The van der Waals surface area contributed by atoms with E-state index in [4.69, 9.17) is 0 Å². The Morgan fingerprint density at radius 3 is 1.93 bits per heavy atom. The molecule has 29 heavy (non-hydrogen) atoms. The molecule has 0 spiro atoms. The summed E-state index contributed by atoms with van der Waals surface area (Å²) in [6, 6.07) is 35.2. The molecule has 0 saturated carbocycles. The lowest BCUT2D eigenvalue weighted by Crippen LogP contribution is -2.23. The van der Waals surface area contributed by atoms with Crippen molar-refractivity contribution in [2.75, 3.05) is 0 Å². The van der Waals surface area contributed by atoms with E-state index in [-0.39, 0.29) is 5.75 Å². The third-order valence-corrected chi connectivity index (χ3v) is 7.20. The first-order chi connectivity index (χ1) is 14.2. The molecule has 0 heterocycles. The van der Waals surface area contributed by atoms with Gasteiger partial charge in [-0.2, -0.15) is 0 Å². The van der Waals surface area contributed by atoms with Gasteiger partial charge in [-0.05, 0) is 48.5 Å². The van der Waals surface area contributed by atoms with E-state index in [1.54, 1.807) is 6.07 Å². The molecule has 3 heteroatoms. The van der Waals surface area contributed by atoms with Gasteiger partial charge in [-0.15, -0.1) is 0 Å². The van der Waals surface area contributed by atoms with Crippen LogP contribution in [0.3, 0.4) is 0 Å². The SMILES string of the molecule is Cc1ccc(N=Cc2ccccc2P(c2ccccc2)c2ccccc2)c(O)c1. The number of phenols is 1. The number of hydrogen-bond donors (Lipinski definition) is 1. The zero-order chi connectivity index (χ0) is 20.1. The molecule has 1 N–H and O–H groups in total. The molecular formula is C26H22NOP. The molecule has 0 amide bonds. The minimum absolute atomic E-state index is 0.201. The fourth-order valence-electron chi connectivity index (χ4n) is 3.26. The molecule has 4 aromatic rings. The molecule has 2 nitrogen and oxygen atoms in total. The highest BCUT2D eigenvalue weighted by Gasteiger charge is 2.18. The summed E-state index contributed by atoms with van der Waals surface area (Å²) in [5.41, 5.74) is 2.65. The van der Waals surface area contributed by atoms with Crippen LogP contribution in [0.2, 0.25) is 0 Å². The molecule has 0 radical (unpaired) electrons. The standard InChI is InChI=1S/C26H22NOP/c1-20-16-17-24(25(28)18-20)27-19-21-10-8-9-15-26(21)29(22-11-4-2-5-12-22)23-13-6-3-7-14-23/h2-19,28H,1H3. The summed E-state index contributed by atoms with van der Waals surface area (Å²) in [7, 11) is -0.714. The van der Waals surface area contributed by atoms with Crippen LogP contribution in [0, 0.1) is 6.92 Å². The Labute approximate surface area is 173 Å². The summed E-state index contributed by atoms with van der Waals surface area (Å²) in [4.78, 5) is 4.58. The van der Waals surface area contributed by atoms with Gasteiger partial charge in [0.15, 0.2) is 0 Å². The Hall–Kier alpha value is -3.22. The Bertz CT molecular complexity index is 1080. The van der Waals surface area contributed by atoms with Crippen molar-refractivity contribution < 1.29 is 5.11 Å². The maximum Gasteiger partial charge on any atom is 0.141 e. The molecule has 0 saturated heterocycles. The lowest BCUT2D eigenvalue weighted by molar-refractivity contribution is 0.476. The van der Waals surface area contributed by atoms with E-state index >= 15 is 0 Å². The van der Waals surface area contributed by atoms with Crippen LogP contribution in [0.4, 0.5) is 5.69 Å². The fourth-order valence-corrected chi connectivity index (χ4v) is 5.68. The molecule has 142 valence electrons. The first kappa shape index (κ1) is 19.1. The van der Waals surface area contributed by atoms with E-state index < -0.39 is 7.92 Å². The summed E-state index contributed by atoms with van der Waals surface area (Å²) in [5, 5.41) is 14.0. The smallest absolute Gasteiger partial charge is 0.141 e. The summed E-state index contributed by atoms with van der Waals surface area (Å²) >= 11 is 0. The number of rotatable bonds is 5. The van der Waals surface area contributed by atoms with Gasteiger partial charge in [-0.25, -0.2) is 0 Å². The van der Waals surface area contributed by atoms with Crippen LogP contribution in [0.1, 0.15) is 11.1 Å². The van der Waals surface area contributed by atoms with Crippen molar-refractivity contribution in [3.8, 4) is 5.75 Å². The second-order valence-electron chi connectivity index (χ2n) is 6.82. The van der Waals surface area contributed by atoms with Crippen LogP contribution < -0.4 is 15.9 Å². The molecule has 4 rings (SSSR count). The first-order valence-corrected chi connectivity index (χ1v) is 10.9. The van der Waals surface area contributed by atoms with Crippen molar-refractivity contribution >= 4 is 35.7 Å². The largest absolute Gasteiger partial charge is 0.506 e. The molecule has 4 aromatic carbocycles. The summed E-state index contributed by atoms with van der Waals surface area (Å²) in [6.07, 6.45) is 1.86. The quantitative estimate of drug-likeness (QED) is 0.365. The molecule has 0 aliphatic heterocycles. The molecule has 0 bridgehead atoms. The minimum Gasteiger partial charge on any atom is -0.506 e. The molecular weight excluding hydrogens is 373 g/mol. The van der Waals surface area contributed by atoms with Gasteiger partial charge in [-0.3, -0.25) is 4.99 Å². The number of nitrogens with zero attached hydrogens (tertiary/aromatic N) is 1. The highest BCUT2D eigenvalue weighted by atomic mass is 31.1. The van der Waals surface area contributed by atoms with E-state index in [2.05, 4.69) is 83.9 Å². The zero-order valence-corrected chi connectivity index (χ0v) is 17.1. The summed E-state index contributed by atoms with van der Waals surface area (Å²) in [5.74, 6) is 0.201. The second-order valence-corrected chi connectivity index (χ2v) is 9.00. The number of phenolic OH excluding ortho intramolecular Hbond substituents is 1. The average molecular weight is 395 g/mol. The van der Waals surface area contributed by atoms with Crippen LogP contribution in [0.25, 0.3) is 0 Å². The predicted octanol–water partition coefficient (Wildman–Crippen LogP) is 5.21. The van der Waals surface area contributed by atoms with Crippen molar-refractivity contribution in [1.82, 2.24) is 0 Å². The molecule has 0 aliphatic rings. The Morgan fingerprint density at radius 1 is 0.724 bits per heavy atom. The van der Waals surface area contributed by atoms with E-state index in [9.17, 15) is 5.11 Å². The lowest BCUT2D eigenvalue weighted by Gasteiger charge is -2.21. The monoisotopic (exact) mass is 395 g/mol. The van der Waals surface area contributed by atoms with Crippen LogP contribution in [-0.4, -0.2) is 11.3 Å². The Balaban J connectivity index is 1.80. The van der Waals surface area contributed by atoms with Gasteiger partial charge in [-0.1, -0.05) is 91.0 Å². The topological polar surface area (TPSA) is 32.6 Å². The highest BCUT2D eigenvalue weighted by molar-refractivity contribution is 7.80. The van der Waals surface area contributed by atoms with Gasteiger partial charge in [0.05, 0.1) is 0 Å². The predicted molar refractivity (Wildman–Crippen MR) is 125 cm³/mol. The van der Waals surface area contributed by atoms with Crippen LogP contribution in [-0.2, 0) is 0 Å². The van der Waals surface area contributed by atoms with Crippen molar-refractivity contribution in [3.63, 3.8) is 0 Å². The molecule has 0 atom stereocenters. The number of aryl methyl sites for hydroxylation is 1. The van der Waals surface area contributed by atoms with Gasteiger partial charge >= 0.3 is 0 Å². The van der Waals surface area contributed by atoms with E-state index in [0.29, 0.717) is 5.69 Å². The van der Waals surface area contributed by atoms with E-state index in [1.807, 2.05) is 31.3 Å². The average Bonchev–Trinajstić information content (AvgIpc) is 2.76. The maximum atomic E-state index is 10.2. The van der Waals surface area contributed by atoms with E-state index in [0.717, 1.165) is 11.1 Å². The van der Waals surface area contributed by atoms with Crippen molar-refractivity contribution in [1.29, 1.82) is 0 Å². The minimum atomic E-state index is -0.714. The van der Waals surface area contributed by atoms with Gasteiger partial charge in [0, 0.05) is 11.8 Å². The Morgan fingerprint density at radius 2 is 1.31 bits per heavy atom. The highest BCUT2D eigenvalue weighted by Crippen LogP contribution is 2.34. The van der Waals surface area contributed by atoms with Gasteiger partial charge in [0.1, 0.15) is 11.4 Å².